The summed E-state index contributed by atoms with van der Waals surface area (Å²) in [6.07, 6.45) is 2.36. The van der Waals surface area contributed by atoms with Crippen molar-refractivity contribution in [1.82, 2.24) is 4.98 Å². The van der Waals surface area contributed by atoms with Gasteiger partial charge in [0.25, 0.3) is 5.91 Å². The highest BCUT2D eigenvalue weighted by atomic mass is 16.2. The maximum Gasteiger partial charge on any atom is 0.274 e. The summed E-state index contributed by atoms with van der Waals surface area (Å²) in [5.74, 6) is 5.23. The summed E-state index contributed by atoms with van der Waals surface area (Å²) in [6, 6.07) is 10.8. The maximum atomic E-state index is 12.1. The van der Waals surface area contributed by atoms with E-state index in [1.807, 2.05) is 25.1 Å². The van der Waals surface area contributed by atoms with Gasteiger partial charge in [-0.2, -0.15) is 0 Å². The van der Waals surface area contributed by atoms with Crippen LogP contribution in [0.2, 0.25) is 0 Å². The Bertz CT molecular complexity index is 685. The molecule has 1 aromatic heterocycles. The number of benzene rings is 1. The fraction of sp³-hybridized carbons (Fsp3) is 0.176. The molecule has 0 radical (unpaired) electrons. The highest BCUT2D eigenvalue weighted by Crippen LogP contribution is 2.18. The minimum Gasteiger partial charge on any atom is -0.384 e. The van der Waals surface area contributed by atoms with Crippen molar-refractivity contribution in [2.24, 2.45) is 0 Å². The van der Waals surface area contributed by atoms with Crippen molar-refractivity contribution < 1.29 is 9.90 Å². The van der Waals surface area contributed by atoms with Gasteiger partial charge in [0.15, 0.2) is 0 Å². The van der Waals surface area contributed by atoms with E-state index in [9.17, 15) is 4.79 Å². The third-order valence-electron chi connectivity index (χ3n) is 2.94. The predicted octanol–water partition coefficient (Wildman–Crippen LogP) is 2.24. The number of aryl methyl sites for hydroxylation is 1. The molecule has 2 rings (SSSR count). The van der Waals surface area contributed by atoms with E-state index in [2.05, 4.69) is 22.1 Å². The van der Waals surface area contributed by atoms with Crippen molar-refractivity contribution in [2.45, 2.75) is 13.3 Å². The largest absolute Gasteiger partial charge is 0.384 e. The van der Waals surface area contributed by atoms with Crippen molar-refractivity contribution in [2.75, 3.05) is 11.9 Å². The van der Waals surface area contributed by atoms with Crippen molar-refractivity contribution in [3.8, 4) is 11.8 Å². The number of hydrogen-bond acceptors (Lipinski definition) is 3. The molecule has 0 spiro atoms. The Hall–Kier alpha value is -2.64. The van der Waals surface area contributed by atoms with Crippen LogP contribution in [0.15, 0.2) is 42.6 Å². The number of aliphatic hydroxyl groups is 1. The average molecular weight is 280 g/mol. The highest BCUT2D eigenvalue weighted by Gasteiger charge is 2.09. The average Bonchev–Trinajstić information content (AvgIpc) is 2.54. The minimum atomic E-state index is -0.237. The molecule has 0 fully saturated rings. The Morgan fingerprint density at radius 1 is 1.33 bits per heavy atom. The topological polar surface area (TPSA) is 62.2 Å². The molecule has 1 heterocycles. The minimum absolute atomic E-state index is 0.167. The number of pyridine rings is 1. The SMILES string of the molecule is CCc1cc(C#CCO)ccc1NC(=O)c1ccccn1. The van der Waals surface area contributed by atoms with Gasteiger partial charge in [0.1, 0.15) is 12.3 Å². The molecule has 0 unspecified atom stereocenters. The first-order valence-electron chi connectivity index (χ1n) is 6.69. The van der Waals surface area contributed by atoms with Gasteiger partial charge < -0.3 is 10.4 Å². The van der Waals surface area contributed by atoms with Crippen LogP contribution in [-0.4, -0.2) is 22.6 Å². The lowest BCUT2D eigenvalue weighted by Gasteiger charge is -2.10. The Morgan fingerprint density at radius 2 is 2.19 bits per heavy atom. The van der Waals surface area contributed by atoms with Gasteiger partial charge in [-0.15, -0.1) is 0 Å². The van der Waals surface area contributed by atoms with E-state index < -0.39 is 0 Å². The van der Waals surface area contributed by atoms with E-state index in [0.717, 1.165) is 23.2 Å². The number of aliphatic hydroxyl groups excluding tert-OH is 1. The first-order chi connectivity index (χ1) is 10.2. The first-order valence-corrected chi connectivity index (χ1v) is 6.69. The number of amides is 1. The summed E-state index contributed by atoms with van der Waals surface area (Å²) in [6.45, 7) is 1.84. The number of anilines is 1. The molecule has 21 heavy (non-hydrogen) atoms. The number of nitrogens with zero attached hydrogens (tertiary/aromatic N) is 1. The zero-order valence-electron chi connectivity index (χ0n) is 11.8. The van der Waals surface area contributed by atoms with Crippen molar-refractivity contribution in [1.29, 1.82) is 0 Å². The number of rotatable bonds is 3. The molecule has 0 aliphatic rings. The van der Waals surface area contributed by atoms with Gasteiger partial charge in [-0.3, -0.25) is 9.78 Å². The second kappa shape index (κ2) is 7.22. The van der Waals surface area contributed by atoms with Crippen LogP contribution in [0.1, 0.15) is 28.5 Å². The number of carbonyl (C=O) groups excluding carboxylic acids is 1. The van der Waals surface area contributed by atoms with Crippen LogP contribution in [0.25, 0.3) is 0 Å². The van der Waals surface area contributed by atoms with Crippen LogP contribution in [0, 0.1) is 11.8 Å². The summed E-state index contributed by atoms with van der Waals surface area (Å²) in [5, 5.41) is 11.6. The summed E-state index contributed by atoms with van der Waals surface area (Å²) in [4.78, 5) is 16.1. The Kier molecular flexibility index (Phi) is 5.08. The summed E-state index contributed by atoms with van der Waals surface area (Å²) in [7, 11) is 0. The fourth-order valence-electron chi connectivity index (χ4n) is 1.91. The molecule has 0 atom stereocenters. The van der Waals surface area contributed by atoms with Crippen LogP contribution < -0.4 is 5.32 Å². The van der Waals surface area contributed by atoms with Crippen LogP contribution in [0.3, 0.4) is 0 Å². The second-order valence-electron chi connectivity index (χ2n) is 4.35. The monoisotopic (exact) mass is 280 g/mol. The fourth-order valence-corrected chi connectivity index (χ4v) is 1.91. The highest BCUT2D eigenvalue weighted by molar-refractivity contribution is 6.03. The molecule has 2 N–H and O–H groups in total. The standard InChI is InChI=1S/C17H16N2O2/c1-2-14-12-13(6-5-11-20)8-9-15(14)19-17(21)16-7-3-4-10-18-16/h3-4,7-10,12,20H,2,11H2,1H3,(H,19,21). The predicted molar refractivity (Wildman–Crippen MR) is 82.0 cm³/mol. The normalized spacial score (nSPS) is 9.62. The third kappa shape index (κ3) is 3.91. The van der Waals surface area contributed by atoms with Crippen LogP contribution >= 0.6 is 0 Å². The van der Waals surface area contributed by atoms with E-state index in [1.54, 1.807) is 24.4 Å². The number of aromatic nitrogens is 1. The molecule has 0 saturated heterocycles. The Labute approximate surface area is 123 Å². The van der Waals surface area contributed by atoms with Gasteiger partial charge in [0, 0.05) is 17.4 Å². The van der Waals surface area contributed by atoms with Crippen molar-refractivity contribution >= 4 is 11.6 Å². The van der Waals surface area contributed by atoms with Crippen LogP contribution in [0.5, 0.6) is 0 Å². The van der Waals surface area contributed by atoms with E-state index in [0.29, 0.717) is 5.69 Å². The first kappa shape index (κ1) is 14.8. The van der Waals surface area contributed by atoms with Gasteiger partial charge in [-0.25, -0.2) is 0 Å². The molecule has 2 aromatic rings. The van der Waals surface area contributed by atoms with Crippen molar-refractivity contribution in [3.05, 3.63) is 59.4 Å². The molecule has 0 saturated carbocycles. The van der Waals surface area contributed by atoms with E-state index in [1.165, 1.54) is 0 Å². The smallest absolute Gasteiger partial charge is 0.274 e. The molecule has 0 aliphatic heterocycles. The molecular weight excluding hydrogens is 264 g/mol. The van der Waals surface area contributed by atoms with Crippen LogP contribution in [0.4, 0.5) is 5.69 Å². The zero-order chi connectivity index (χ0) is 15.1. The Morgan fingerprint density at radius 3 is 2.86 bits per heavy atom. The lowest BCUT2D eigenvalue weighted by atomic mass is 10.1. The molecule has 1 aromatic carbocycles. The molecule has 4 heteroatoms. The molecule has 1 amide bonds. The summed E-state index contributed by atoms with van der Waals surface area (Å²) in [5.41, 5.74) is 2.94. The van der Waals surface area contributed by atoms with Gasteiger partial charge in [0.2, 0.25) is 0 Å². The molecule has 0 bridgehead atoms. The van der Waals surface area contributed by atoms with Crippen LogP contribution in [-0.2, 0) is 6.42 Å². The van der Waals surface area contributed by atoms with Gasteiger partial charge in [-0.1, -0.05) is 24.8 Å². The number of nitrogens with one attached hydrogen (secondary N) is 1. The number of carbonyl (C=O) groups is 1. The summed E-state index contributed by atoms with van der Waals surface area (Å²) >= 11 is 0. The maximum absolute atomic E-state index is 12.1. The summed E-state index contributed by atoms with van der Waals surface area (Å²) < 4.78 is 0. The number of hydrogen-bond donors (Lipinski definition) is 2. The molecule has 106 valence electrons. The molecular formula is C17H16N2O2. The molecule has 4 nitrogen and oxygen atoms in total. The third-order valence-corrected chi connectivity index (χ3v) is 2.94. The Balaban J connectivity index is 2.22. The lowest BCUT2D eigenvalue weighted by Crippen LogP contribution is -2.14. The quantitative estimate of drug-likeness (QED) is 0.848. The van der Waals surface area contributed by atoms with E-state index in [4.69, 9.17) is 5.11 Å². The van der Waals surface area contributed by atoms with Gasteiger partial charge >= 0.3 is 0 Å². The van der Waals surface area contributed by atoms with E-state index >= 15 is 0 Å². The zero-order valence-corrected chi connectivity index (χ0v) is 11.8. The van der Waals surface area contributed by atoms with Gasteiger partial charge in [0.05, 0.1) is 0 Å². The molecule has 0 aliphatic carbocycles. The van der Waals surface area contributed by atoms with Gasteiger partial charge in [-0.05, 0) is 42.3 Å². The van der Waals surface area contributed by atoms with E-state index in [-0.39, 0.29) is 12.5 Å². The lowest BCUT2D eigenvalue weighted by molar-refractivity contribution is 0.102. The van der Waals surface area contributed by atoms with Crippen molar-refractivity contribution in [3.63, 3.8) is 0 Å². The second-order valence-corrected chi connectivity index (χ2v) is 4.35.